The molecule has 1 aliphatic heterocycles. The fourth-order valence-electron chi connectivity index (χ4n) is 3.74. The molecule has 4 nitrogen and oxygen atoms in total. The Balaban J connectivity index is 1.56. The summed E-state index contributed by atoms with van der Waals surface area (Å²) >= 11 is 0. The van der Waals surface area contributed by atoms with E-state index in [1.165, 1.54) is 0 Å². The van der Waals surface area contributed by atoms with Crippen molar-refractivity contribution in [3.63, 3.8) is 0 Å². The molecule has 1 aromatic heterocycles. The summed E-state index contributed by atoms with van der Waals surface area (Å²) < 4.78 is 8.19. The minimum Gasteiger partial charge on any atom is -0.351 e. The SMILES string of the molecule is CC(=CC1OC1(c1ccccc1)c1ccccc1)n1nnc2ccccc21. The highest BCUT2D eigenvalue weighted by Gasteiger charge is 2.57. The number of hydrogen-bond donors (Lipinski definition) is 0. The van der Waals surface area contributed by atoms with Gasteiger partial charge < -0.3 is 4.74 Å². The van der Waals surface area contributed by atoms with Gasteiger partial charge in [0.05, 0.1) is 5.52 Å². The summed E-state index contributed by atoms with van der Waals surface area (Å²) in [6.07, 6.45) is 2.09. The summed E-state index contributed by atoms with van der Waals surface area (Å²) in [5.41, 5.74) is 4.77. The molecule has 0 saturated carbocycles. The van der Waals surface area contributed by atoms with Crippen molar-refractivity contribution < 1.29 is 4.74 Å². The van der Waals surface area contributed by atoms with E-state index in [0.29, 0.717) is 0 Å². The lowest BCUT2D eigenvalue weighted by Crippen LogP contribution is -2.14. The van der Waals surface area contributed by atoms with Gasteiger partial charge in [-0.15, -0.1) is 5.10 Å². The number of allylic oxidation sites excluding steroid dienone is 1. The Hall–Kier alpha value is -3.24. The summed E-state index contributed by atoms with van der Waals surface area (Å²) in [4.78, 5) is 0. The van der Waals surface area contributed by atoms with E-state index in [1.54, 1.807) is 0 Å². The largest absolute Gasteiger partial charge is 0.351 e. The number of epoxide rings is 1. The molecule has 0 spiro atoms. The molecule has 132 valence electrons. The topological polar surface area (TPSA) is 43.2 Å². The first-order chi connectivity index (χ1) is 13.3. The van der Waals surface area contributed by atoms with Gasteiger partial charge in [0.2, 0.25) is 0 Å². The number of benzene rings is 3. The van der Waals surface area contributed by atoms with Crippen LogP contribution in [-0.4, -0.2) is 21.1 Å². The van der Waals surface area contributed by atoms with Crippen LogP contribution in [0.4, 0.5) is 0 Å². The molecule has 0 amide bonds. The normalized spacial score (nSPS) is 18.6. The zero-order valence-electron chi connectivity index (χ0n) is 15.0. The minimum absolute atomic E-state index is 0.0507. The quantitative estimate of drug-likeness (QED) is 0.502. The number of ether oxygens (including phenoxy) is 1. The number of aromatic nitrogens is 3. The molecule has 4 heteroatoms. The van der Waals surface area contributed by atoms with Gasteiger partial charge in [-0.1, -0.05) is 78.0 Å². The fraction of sp³-hybridized carbons (Fsp3) is 0.130. The number of nitrogens with zero attached hydrogens (tertiary/aromatic N) is 3. The van der Waals surface area contributed by atoms with Crippen LogP contribution < -0.4 is 0 Å². The van der Waals surface area contributed by atoms with E-state index in [0.717, 1.165) is 27.9 Å². The second-order valence-corrected chi connectivity index (χ2v) is 6.80. The Morgan fingerprint density at radius 2 is 1.48 bits per heavy atom. The first-order valence-corrected chi connectivity index (χ1v) is 9.07. The van der Waals surface area contributed by atoms with Crippen LogP contribution in [0.2, 0.25) is 0 Å². The van der Waals surface area contributed by atoms with Gasteiger partial charge >= 0.3 is 0 Å². The van der Waals surface area contributed by atoms with Crippen molar-refractivity contribution in [3.05, 3.63) is 102 Å². The molecule has 4 aromatic rings. The Morgan fingerprint density at radius 3 is 2.15 bits per heavy atom. The molecule has 27 heavy (non-hydrogen) atoms. The maximum atomic E-state index is 6.32. The summed E-state index contributed by atoms with van der Waals surface area (Å²) in [5, 5.41) is 8.56. The van der Waals surface area contributed by atoms with Crippen molar-refractivity contribution in [3.8, 4) is 0 Å². The van der Waals surface area contributed by atoms with Crippen molar-refractivity contribution in [2.75, 3.05) is 0 Å². The fourth-order valence-corrected chi connectivity index (χ4v) is 3.74. The first kappa shape index (κ1) is 16.0. The molecule has 0 aliphatic carbocycles. The second kappa shape index (κ2) is 6.18. The minimum atomic E-state index is -0.444. The standard InChI is InChI=1S/C23H19N3O/c1-17(26-21-15-9-8-14-20(21)24-25-26)16-22-23(27-22,18-10-4-2-5-11-18)19-12-6-3-7-13-19/h2-16,22H,1H3. The van der Waals surface area contributed by atoms with E-state index in [1.807, 2.05) is 48.0 Å². The van der Waals surface area contributed by atoms with E-state index in [4.69, 9.17) is 4.74 Å². The average molecular weight is 353 g/mol. The predicted octanol–water partition coefficient (Wildman–Crippen LogP) is 4.63. The zero-order chi connectivity index (χ0) is 18.3. The molecular formula is C23H19N3O. The molecule has 0 N–H and O–H groups in total. The lowest BCUT2D eigenvalue weighted by molar-refractivity contribution is 0.338. The van der Waals surface area contributed by atoms with Crippen LogP contribution >= 0.6 is 0 Å². The first-order valence-electron chi connectivity index (χ1n) is 9.07. The molecule has 1 aliphatic rings. The van der Waals surface area contributed by atoms with Crippen molar-refractivity contribution in [2.24, 2.45) is 0 Å². The zero-order valence-corrected chi connectivity index (χ0v) is 15.0. The van der Waals surface area contributed by atoms with Crippen molar-refractivity contribution >= 4 is 16.7 Å². The number of hydrogen-bond acceptors (Lipinski definition) is 3. The maximum Gasteiger partial charge on any atom is 0.149 e. The van der Waals surface area contributed by atoms with Crippen molar-refractivity contribution in [1.82, 2.24) is 15.0 Å². The number of para-hydroxylation sites is 1. The Bertz CT molecular complexity index is 1080. The lowest BCUT2D eigenvalue weighted by Gasteiger charge is -2.14. The van der Waals surface area contributed by atoms with Gasteiger partial charge in [-0.25, -0.2) is 4.68 Å². The molecular weight excluding hydrogens is 334 g/mol. The Kier molecular flexibility index (Phi) is 3.66. The maximum absolute atomic E-state index is 6.32. The van der Waals surface area contributed by atoms with Gasteiger partial charge in [-0.3, -0.25) is 0 Å². The highest BCUT2D eigenvalue weighted by molar-refractivity contribution is 5.77. The smallest absolute Gasteiger partial charge is 0.149 e. The average Bonchev–Trinajstić information content (AvgIpc) is 3.28. The summed E-state index contributed by atoms with van der Waals surface area (Å²) in [6.45, 7) is 2.05. The van der Waals surface area contributed by atoms with Crippen LogP contribution in [-0.2, 0) is 10.3 Å². The molecule has 3 aromatic carbocycles. The van der Waals surface area contributed by atoms with E-state index in [9.17, 15) is 0 Å². The van der Waals surface area contributed by atoms with E-state index >= 15 is 0 Å². The molecule has 1 saturated heterocycles. The molecule has 2 heterocycles. The molecule has 1 fully saturated rings. The molecule has 0 radical (unpaired) electrons. The molecule has 0 bridgehead atoms. The van der Waals surface area contributed by atoms with Gasteiger partial charge in [0, 0.05) is 5.70 Å². The second-order valence-electron chi connectivity index (χ2n) is 6.80. The van der Waals surface area contributed by atoms with Crippen LogP contribution in [0.3, 0.4) is 0 Å². The summed E-state index contributed by atoms with van der Waals surface area (Å²) in [5.74, 6) is 0. The third kappa shape index (κ3) is 2.57. The number of fused-ring (bicyclic) bond motifs is 1. The van der Waals surface area contributed by atoms with Gasteiger partial charge in [-0.05, 0) is 36.3 Å². The lowest BCUT2D eigenvalue weighted by atomic mass is 9.87. The monoisotopic (exact) mass is 353 g/mol. The van der Waals surface area contributed by atoms with Crippen LogP contribution in [0.25, 0.3) is 16.7 Å². The summed E-state index contributed by atoms with van der Waals surface area (Å²) in [7, 11) is 0. The highest BCUT2D eigenvalue weighted by Crippen LogP contribution is 2.52. The third-order valence-electron chi connectivity index (χ3n) is 5.14. The van der Waals surface area contributed by atoms with Crippen molar-refractivity contribution in [1.29, 1.82) is 0 Å². The van der Waals surface area contributed by atoms with Gasteiger partial charge in [-0.2, -0.15) is 0 Å². The third-order valence-corrected chi connectivity index (χ3v) is 5.14. The van der Waals surface area contributed by atoms with Crippen LogP contribution in [0.15, 0.2) is 91.0 Å². The van der Waals surface area contributed by atoms with Crippen LogP contribution in [0.5, 0.6) is 0 Å². The summed E-state index contributed by atoms with van der Waals surface area (Å²) in [6, 6.07) is 28.8. The molecule has 1 atom stereocenters. The Morgan fingerprint density at radius 1 is 0.889 bits per heavy atom. The predicted molar refractivity (Wildman–Crippen MR) is 106 cm³/mol. The van der Waals surface area contributed by atoms with Gasteiger partial charge in [0.25, 0.3) is 0 Å². The van der Waals surface area contributed by atoms with Crippen LogP contribution in [0, 0.1) is 0 Å². The Labute approximate surface area is 157 Å². The van der Waals surface area contributed by atoms with Crippen molar-refractivity contribution in [2.45, 2.75) is 18.6 Å². The van der Waals surface area contributed by atoms with E-state index < -0.39 is 5.60 Å². The van der Waals surface area contributed by atoms with Crippen LogP contribution in [0.1, 0.15) is 18.1 Å². The molecule has 5 rings (SSSR count). The molecule has 1 unspecified atom stereocenters. The van der Waals surface area contributed by atoms with Gasteiger partial charge in [0.15, 0.2) is 0 Å². The number of rotatable bonds is 4. The highest BCUT2D eigenvalue weighted by atomic mass is 16.6. The van der Waals surface area contributed by atoms with E-state index in [-0.39, 0.29) is 6.10 Å². The van der Waals surface area contributed by atoms with Gasteiger partial charge in [0.1, 0.15) is 17.2 Å². The van der Waals surface area contributed by atoms with E-state index in [2.05, 4.69) is 64.9 Å².